The Morgan fingerprint density at radius 3 is 2.61 bits per heavy atom. The zero-order chi connectivity index (χ0) is 12.4. The van der Waals surface area contributed by atoms with Crippen molar-refractivity contribution in [1.82, 2.24) is 10.6 Å². The Balaban J connectivity index is 1.43. The van der Waals surface area contributed by atoms with Crippen molar-refractivity contribution in [1.29, 1.82) is 0 Å². The molecule has 18 heavy (non-hydrogen) atoms. The van der Waals surface area contributed by atoms with E-state index in [0.29, 0.717) is 17.9 Å². The molecule has 0 bridgehead atoms. The fourth-order valence-electron chi connectivity index (χ4n) is 3.88. The monoisotopic (exact) mass is 250 g/mol. The number of amides is 1. The minimum atomic E-state index is 0.347. The Labute approximate surface area is 110 Å². The van der Waals surface area contributed by atoms with Crippen molar-refractivity contribution in [2.24, 2.45) is 17.8 Å². The van der Waals surface area contributed by atoms with Gasteiger partial charge in [0.15, 0.2) is 0 Å². The van der Waals surface area contributed by atoms with Crippen LogP contribution in [0.1, 0.15) is 51.4 Å². The summed E-state index contributed by atoms with van der Waals surface area (Å²) < 4.78 is 0. The molecule has 2 saturated carbocycles. The standard InChI is InChI=1S/C15H26N2O/c18-15(17-12-7-4-8-16-10-12)14-9-13(14)11-5-2-1-3-6-11/h11-14,16H,1-10H2,(H,17,18). The summed E-state index contributed by atoms with van der Waals surface area (Å²) in [5.41, 5.74) is 0. The maximum Gasteiger partial charge on any atom is 0.223 e. The molecule has 0 spiro atoms. The van der Waals surface area contributed by atoms with Crippen molar-refractivity contribution in [3.05, 3.63) is 0 Å². The zero-order valence-corrected chi connectivity index (χ0v) is 11.3. The number of piperidine rings is 1. The third-order valence-corrected chi connectivity index (χ3v) is 5.08. The van der Waals surface area contributed by atoms with Gasteiger partial charge in [-0.15, -0.1) is 0 Å². The summed E-state index contributed by atoms with van der Waals surface area (Å²) >= 11 is 0. The molecule has 1 heterocycles. The van der Waals surface area contributed by atoms with E-state index in [1.54, 1.807) is 0 Å². The molecule has 2 aliphatic carbocycles. The predicted molar refractivity (Wildman–Crippen MR) is 72.2 cm³/mol. The molecule has 0 aromatic rings. The fourth-order valence-corrected chi connectivity index (χ4v) is 3.88. The van der Waals surface area contributed by atoms with Gasteiger partial charge in [-0.1, -0.05) is 32.1 Å². The van der Waals surface area contributed by atoms with Crippen molar-refractivity contribution in [2.75, 3.05) is 13.1 Å². The second-order valence-corrected chi connectivity index (χ2v) is 6.46. The number of carbonyl (C=O) groups is 1. The molecule has 0 radical (unpaired) electrons. The van der Waals surface area contributed by atoms with Gasteiger partial charge in [-0.25, -0.2) is 0 Å². The van der Waals surface area contributed by atoms with E-state index in [9.17, 15) is 4.79 Å². The van der Waals surface area contributed by atoms with Crippen LogP contribution in [0.4, 0.5) is 0 Å². The van der Waals surface area contributed by atoms with E-state index in [1.165, 1.54) is 38.5 Å². The maximum absolute atomic E-state index is 12.2. The highest BCUT2D eigenvalue weighted by Crippen LogP contribution is 2.49. The molecule has 102 valence electrons. The maximum atomic E-state index is 12.2. The molecule has 3 nitrogen and oxygen atoms in total. The molecule has 3 fully saturated rings. The lowest BCUT2D eigenvalue weighted by Gasteiger charge is -2.25. The van der Waals surface area contributed by atoms with Crippen LogP contribution in [0.2, 0.25) is 0 Å². The quantitative estimate of drug-likeness (QED) is 0.805. The minimum absolute atomic E-state index is 0.347. The second kappa shape index (κ2) is 5.60. The lowest BCUT2D eigenvalue weighted by atomic mass is 9.85. The largest absolute Gasteiger partial charge is 0.352 e. The summed E-state index contributed by atoms with van der Waals surface area (Å²) in [6.45, 7) is 2.08. The van der Waals surface area contributed by atoms with Crippen molar-refractivity contribution in [3.63, 3.8) is 0 Å². The molecular formula is C15H26N2O. The average molecular weight is 250 g/mol. The summed E-state index contributed by atoms with van der Waals surface area (Å²) in [5.74, 6) is 2.29. The highest BCUT2D eigenvalue weighted by molar-refractivity contribution is 5.81. The molecule has 3 heteroatoms. The molecule has 3 unspecified atom stereocenters. The van der Waals surface area contributed by atoms with Gasteiger partial charge in [0, 0.05) is 18.5 Å². The van der Waals surface area contributed by atoms with Crippen LogP contribution in [0.3, 0.4) is 0 Å². The van der Waals surface area contributed by atoms with Gasteiger partial charge in [0.05, 0.1) is 0 Å². The number of hydrogen-bond donors (Lipinski definition) is 2. The molecule has 1 aliphatic heterocycles. The van der Waals surface area contributed by atoms with Gasteiger partial charge < -0.3 is 10.6 Å². The van der Waals surface area contributed by atoms with Gasteiger partial charge in [0.1, 0.15) is 0 Å². The molecule has 3 rings (SSSR count). The Hall–Kier alpha value is -0.570. The van der Waals surface area contributed by atoms with E-state index >= 15 is 0 Å². The summed E-state index contributed by atoms with van der Waals surface area (Å²) in [5, 5.41) is 6.61. The summed E-state index contributed by atoms with van der Waals surface area (Å²) in [6.07, 6.45) is 10.5. The van der Waals surface area contributed by atoms with Crippen LogP contribution < -0.4 is 10.6 Å². The SMILES string of the molecule is O=C(NC1CCCNC1)C1CC1C1CCCCC1. The van der Waals surface area contributed by atoms with E-state index in [4.69, 9.17) is 0 Å². The first-order valence-electron chi connectivity index (χ1n) is 7.85. The number of hydrogen-bond acceptors (Lipinski definition) is 2. The third-order valence-electron chi connectivity index (χ3n) is 5.08. The molecule has 1 amide bonds. The molecule has 3 aliphatic rings. The molecule has 2 N–H and O–H groups in total. The second-order valence-electron chi connectivity index (χ2n) is 6.46. The molecule has 1 saturated heterocycles. The van der Waals surface area contributed by atoms with Crippen LogP contribution in [0, 0.1) is 17.8 Å². The first-order valence-corrected chi connectivity index (χ1v) is 7.85. The van der Waals surface area contributed by atoms with Crippen LogP contribution in [0.15, 0.2) is 0 Å². The molecule has 0 aromatic heterocycles. The Morgan fingerprint density at radius 2 is 1.89 bits per heavy atom. The van der Waals surface area contributed by atoms with Crippen LogP contribution >= 0.6 is 0 Å². The Bertz CT molecular complexity index is 293. The van der Waals surface area contributed by atoms with E-state index in [-0.39, 0.29) is 0 Å². The summed E-state index contributed by atoms with van der Waals surface area (Å²) in [4.78, 5) is 12.2. The van der Waals surface area contributed by atoms with Crippen LogP contribution in [-0.4, -0.2) is 25.0 Å². The lowest BCUT2D eigenvalue weighted by Crippen LogP contribution is -2.46. The summed E-state index contributed by atoms with van der Waals surface area (Å²) in [7, 11) is 0. The Morgan fingerprint density at radius 1 is 1.06 bits per heavy atom. The molecule has 3 atom stereocenters. The van der Waals surface area contributed by atoms with Gasteiger partial charge in [0.25, 0.3) is 0 Å². The third kappa shape index (κ3) is 2.87. The van der Waals surface area contributed by atoms with E-state index in [2.05, 4.69) is 10.6 Å². The lowest BCUT2D eigenvalue weighted by molar-refractivity contribution is -0.123. The van der Waals surface area contributed by atoms with Gasteiger partial charge in [-0.05, 0) is 37.6 Å². The highest BCUT2D eigenvalue weighted by atomic mass is 16.2. The number of carbonyl (C=O) groups excluding carboxylic acids is 1. The summed E-state index contributed by atoms with van der Waals surface area (Å²) in [6, 6.07) is 0.388. The first kappa shape index (κ1) is 12.5. The average Bonchev–Trinajstić information content (AvgIpc) is 3.21. The van der Waals surface area contributed by atoms with E-state index in [0.717, 1.165) is 37.8 Å². The topological polar surface area (TPSA) is 41.1 Å². The first-order chi connectivity index (χ1) is 8.84. The van der Waals surface area contributed by atoms with Crippen LogP contribution in [0.25, 0.3) is 0 Å². The Kier molecular flexibility index (Phi) is 3.88. The fraction of sp³-hybridized carbons (Fsp3) is 0.933. The van der Waals surface area contributed by atoms with Crippen molar-refractivity contribution >= 4 is 5.91 Å². The highest BCUT2D eigenvalue weighted by Gasteiger charge is 2.47. The van der Waals surface area contributed by atoms with Gasteiger partial charge in [-0.3, -0.25) is 4.79 Å². The van der Waals surface area contributed by atoms with Crippen molar-refractivity contribution in [3.8, 4) is 0 Å². The molecular weight excluding hydrogens is 224 g/mol. The van der Waals surface area contributed by atoms with Crippen LogP contribution in [-0.2, 0) is 4.79 Å². The smallest absolute Gasteiger partial charge is 0.223 e. The zero-order valence-electron chi connectivity index (χ0n) is 11.3. The van der Waals surface area contributed by atoms with E-state index in [1.807, 2.05) is 0 Å². The molecule has 0 aromatic carbocycles. The predicted octanol–water partition coefficient (Wildman–Crippen LogP) is 2.07. The normalized spacial score (nSPS) is 37.2. The van der Waals surface area contributed by atoms with E-state index < -0.39 is 0 Å². The van der Waals surface area contributed by atoms with Crippen molar-refractivity contribution < 1.29 is 4.79 Å². The minimum Gasteiger partial charge on any atom is -0.352 e. The van der Waals surface area contributed by atoms with Gasteiger partial charge in [0.2, 0.25) is 5.91 Å². The number of rotatable bonds is 3. The van der Waals surface area contributed by atoms with Gasteiger partial charge >= 0.3 is 0 Å². The van der Waals surface area contributed by atoms with Crippen molar-refractivity contribution in [2.45, 2.75) is 57.4 Å². The number of nitrogens with one attached hydrogen (secondary N) is 2. The van der Waals surface area contributed by atoms with Gasteiger partial charge in [-0.2, -0.15) is 0 Å². The van der Waals surface area contributed by atoms with Crippen LogP contribution in [0.5, 0.6) is 0 Å².